The number of benzene rings is 1. The number of methoxy groups -OCH3 is 1. The Hall–Kier alpha value is -1.92. The molecule has 0 aliphatic heterocycles. The van der Waals surface area contributed by atoms with Gasteiger partial charge in [0, 0.05) is 0 Å². The van der Waals surface area contributed by atoms with E-state index in [0.29, 0.717) is 11.5 Å². The normalized spacial score (nSPS) is 10.9. The molecule has 4 nitrogen and oxygen atoms in total. The number of rotatable bonds is 5. The molecule has 0 aromatic heterocycles. The minimum absolute atomic E-state index is 0.0475. The Morgan fingerprint density at radius 1 is 1.22 bits per heavy atom. The highest BCUT2D eigenvalue weighted by atomic mass is 19.4. The van der Waals surface area contributed by atoms with Gasteiger partial charge in [0.2, 0.25) is 0 Å². The third kappa shape index (κ3) is 4.52. The summed E-state index contributed by atoms with van der Waals surface area (Å²) in [5.41, 5.74) is 0. The van der Waals surface area contributed by atoms with Crippen LogP contribution in [0.4, 0.5) is 13.2 Å². The van der Waals surface area contributed by atoms with Crippen molar-refractivity contribution in [3.63, 3.8) is 0 Å². The predicted molar refractivity (Wildman–Crippen MR) is 57.6 cm³/mol. The third-order valence-corrected chi connectivity index (χ3v) is 1.97. The molecular weight excluding hydrogens is 251 g/mol. The van der Waals surface area contributed by atoms with Gasteiger partial charge in [0.1, 0.15) is 18.1 Å². The van der Waals surface area contributed by atoms with Crippen LogP contribution in [0, 0.1) is 0 Å². The number of carbonyl (C=O) groups is 1. The van der Waals surface area contributed by atoms with E-state index in [4.69, 9.17) is 9.47 Å². The zero-order valence-corrected chi connectivity index (χ0v) is 9.58. The summed E-state index contributed by atoms with van der Waals surface area (Å²) in [6, 6.07) is 6.54. The summed E-state index contributed by atoms with van der Waals surface area (Å²) in [5, 5.41) is 1.70. The molecule has 0 aliphatic carbocycles. The van der Waals surface area contributed by atoms with E-state index in [9.17, 15) is 18.0 Å². The zero-order valence-electron chi connectivity index (χ0n) is 9.58. The molecule has 0 saturated carbocycles. The Balaban J connectivity index is 2.27. The zero-order chi connectivity index (χ0) is 13.6. The van der Waals surface area contributed by atoms with Gasteiger partial charge in [-0.05, 0) is 24.3 Å². The van der Waals surface area contributed by atoms with E-state index in [2.05, 4.69) is 0 Å². The number of nitrogens with one attached hydrogen (secondary N) is 1. The number of hydrogen-bond donors (Lipinski definition) is 1. The Morgan fingerprint density at radius 3 is 2.28 bits per heavy atom. The maximum atomic E-state index is 11.8. The van der Waals surface area contributed by atoms with Crippen LogP contribution < -0.4 is 14.8 Å². The molecule has 1 amide bonds. The lowest BCUT2D eigenvalue weighted by molar-refractivity contribution is -0.173. The highest BCUT2D eigenvalue weighted by molar-refractivity contribution is 5.81. The van der Waals surface area contributed by atoms with Crippen LogP contribution in [-0.2, 0) is 4.79 Å². The molecule has 0 atom stereocenters. The molecule has 1 aromatic carbocycles. The molecule has 0 aliphatic rings. The van der Waals surface area contributed by atoms with Crippen molar-refractivity contribution in [2.75, 3.05) is 20.3 Å². The molecule has 100 valence electrons. The van der Waals surface area contributed by atoms with Crippen LogP contribution in [0.2, 0.25) is 0 Å². The lowest BCUT2D eigenvalue weighted by Gasteiger charge is -2.09. The molecule has 0 radical (unpaired) electrons. The van der Waals surface area contributed by atoms with Crippen molar-refractivity contribution >= 4 is 5.91 Å². The number of amides is 1. The van der Waals surface area contributed by atoms with Gasteiger partial charge < -0.3 is 14.8 Å². The van der Waals surface area contributed by atoms with Crippen LogP contribution in [0.25, 0.3) is 0 Å². The van der Waals surface area contributed by atoms with Crippen LogP contribution in [0.5, 0.6) is 11.5 Å². The molecule has 18 heavy (non-hydrogen) atoms. The summed E-state index contributed by atoms with van der Waals surface area (Å²) >= 11 is 0. The Labute approximate surface area is 102 Å². The monoisotopic (exact) mass is 263 g/mol. The van der Waals surface area contributed by atoms with Gasteiger partial charge >= 0.3 is 12.1 Å². The van der Waals surface area contributed by atoms with Crippen molar-refractivity contribution in [1.82, 2.24) is 5.32 Å². The van der Waals surface area contributed by atoms with Gasteiger partial charge in [-0.25, -0.2) is 0 Å². The summed E-state index contributed by atoms with van der Waals surface area (Å²) < 4.78 is 45.5. The van der Waals surface area contributed by atoms with E-state index in [-0.39, 0.29) is 13.2 Å². The summed E-state index contributed by atoms with van der Waals surface area (Å²) in [6.07, 6.45) is -4.86. The first-order valence-corrected chi connectivity index (χ1v) is 5.05. The predicted octanol–water partition coefficient (Wildman–Crippen LogP) is 1.75. The van der Waals surface area contributed by atoms with Crippen LogP contribution in [-0.4, -0.2) is 32.3 Å². The number of alkyl halides is 3. The number of carbonyl (C=O) groups excluding carboxylic acids is 1. The molecule has 0 saturated heterocycles. The topological polar surface area (TPSA) is 47.6 Å². The van der Waals surface area contributed by atoms with Crippen molar-refractivity contribution in [3.8, 4) is 11.5 Å². The van der Waals surface area contributed by atoms with E-state index >= 15 is 0 Å². The van der Waals surface area contributed by atoms with Gasteiger partial charge in [0.05, 0.1) is 13.7 Å². The number of ether oxygens (including phenoxy) is 2. The van der Waals surface area contributed by atoms with E-state index in [0.717, 1.165) is 0 Å². The first-order valence-electron chi connectivity index (χ1n) is 5.05. The molecule has 1 rings (SSSR count). The molecular formula is C11H12F3NO3. The number of hydrogen-bond acceptors (Lipinski definition) is 3. The average Bonchev–Trinajstić information content (AvgIpc) is 2.34. The van der Waals surface area contributed by atoms with Crippen molar-refractivity contribution < 1.29 is 27.4 Å². The smallest absolute Gasteiger partial charge is 0.471 e. The Kier molecular flexibility index (Phi) is 4.82. The lowest BCUT2D eigenvalue weighted by atomic mass is 10.3. The fourth-order valence-electron chi connectivity index (χ4n) is 1.11. The van der Waals surface area contributed by atoms with Crippen molar-refractivity contribution in [2.45, 2.75) is 6.18 Å². The van der Waals surface area contributed by atoms with Crippen molar-refractivity contribution in [3.05, 3.63) is 24.3 Å². The van der Waals surface area contributed by atoms with Gasteiger partial charge in [0.25, 0.3) is 0 Å². The quantitative estimate of drug-likeness (QED) is 0.823. The van der Waals surface area contributed by atoms with Crippen molar-refractivity contribution in [1.29, 1.82) is 0 Å². The Bertz CT molecular complexity index is 390. The number of halogens is 3. The van der Waals surface area contributed by atoms with E-state index in [1.807, 2.05) is 0 Å². The van der Waals surface area contributed by atoms with Gasteiger partial charge in [-0.15, -0.1) is 0 Å². The molecule has 0 fully saturated rings. The summed E-state index contributed by atoms with van der Waals surface area (Å²) in [6.45, 7) is -0.265. The summed E-state index contributed by atoms with van der Waals surface area (Å²) in [5.74, 6) is -0.842. The van der Waals surface area contributed by atoms with Crippen LogP contribution in [0.15, 0.2) is 24.3 Å². The average molecular weight is 263 g/mol. The molecule has 0 unspecified atom stereocenters. The van der Waals surface area contributed by atoms with Gasteiger partial charge in [-0.3, -0.25) is 4.79 Å². The summed E-state index contributed by atoms with van der Waals surface area (Å²) in [4.78, 5) is 10.5. The fourth-order valence-corrected chi connectivity index (χ4v) is 1.11. The second kappa shape index (κ2) is 6.13. The highest BCUT2D eigenvalue weighted by Gasteiger charge is 2.38. The highest BCUT2D eigenvalue weighted by Crippen LogP contribution is 2.17. The molecule has 0 heterocycles. The maximum absolute atomic E-state index is 11.8. The van der Waals surface area contributed by atoms with E-state index < -0.39 is 12.1 Å². The van der Waals surface area contributed by atoms with Crippen molar-refractivity contribution in [2.24, 2.45) is 0 Å². The third-order valence-electron chi connectivity index (χ3n) is 1.97. The minimum atomic E-state index is -4.86. The van der Waals surface area contributed by atoms with E-state index in [1.165, 1.54) is 7.11 Å². The summed E-state index contributed by atoms with van der Waals surface area (Å²) in [7, 11) is 1.52. The largest absolute Gasteiger partial charge is 0.497 e. The molecule has 0 bridgehead atoms. The maximum Gasteiger partial charge on any atom is 0.471 e. The van der Waals surface area contributed by atoms with E-state index in [1.54, 1.807) is 29.6 Å². The van der Waals surface area contributed by atoms with Crippen LogP contribution in [0.1, 0.15) is 0 Å². The van der Waals surface area contributed by atoms with Gasteiger partial charge in [-0.2, -0.15) is 13.2 Å². The lowest BCUT2D eigenvalue weighted by Crippen LogP contribution is -2.38. The van der Waals surface area contributed by atoms with Crippen LogP contribution in [0.3, 0.4) is 0 Å². The first-order chi connectivity index (χ1) is 8.43. The minimum Gasteiger partial charge on any atom is -0.497 e. The fraction of sp³-hybridized carbons (Fsp3) is 0.364. The second-order valence-electron chi connectivity index (χ2n) is 3.28. The Morgan fingerprint density at radius 2 is 1.78 bits per heavy atom. The second-order valence-corrected chi connectivity index (χ2v) is 3.28. The first kappa shape index (κ1) is 14.1. The standard InChI is InChI=1S/C11H12F3NO3/c1-17-8-2-4-9(5-3-8)18-7-6-15-10(16)11(12,13)14/h2-5H,6-7H2,1H3,(H,15,16). The molecule has 1 aromatic rings. The van der Waals surface area contributed by atoms with Crippen LogP contribution >= 0.6 is 0 Å². The molecule has 7 heteroatoms. The molecule has 1 N–H and O–H groups in total. The molecule has 0 spiro atoms. The SMILES string of the molecule is COc1ccc(OCCNC(=O)C(F)(F)F)cc1. The van der Waals surface area contributed by atoms with Gasteiger partial charge in [0.15, 0.2) is 0 Å². The van der Waals surface area contributed by atoms with Gasteiger partial charge in [-0.1, -0.05) is 0 Å².